The van der Waals surface area contributed by atoms with Crippen LogP contribution in [0.5, 0.6) is 0 Å². The number of carbonyl (C=O) groups is 1. The summed E-state index contributed by atoms with van der Waals surface area (Å²) in [4.78, 5) is 31.5. The molecular formula is C25H19BrN2O5S. The fraction of sp³-hybridized carbons (Fsp3) is 0.160. The number of furan rings is 2. The lowest BCUT2D eigenvalue weighted by molar-refractivity contribution is -0.139. The second-order valence-corrected chi connectivity index (χ2v) is 9.45. The van der Waals surface area contributed by atoms with Crippen molar-refractivity contribution in [1.29, 1.82) is 0 Å². The number of benzene rings is 1. The van der Waals surface area contributed by atoms with E-state index in [0.717, 1.165) is 10.0 Å². The first-order chi connectivity index (χ1) is 16.5. The predicted molar refractivity (Wildman–Crippen MR) is 131 cm³/mol. The van der Waals surface area contributed by atoms with E-state index in [1.54, 1.807) is 44.4 Å². The van der Waals surface area contributed by atoms with E-state index < -0.39 is 12.0 Å². The van der Waals surface area contributed by atoms with Crippen LogP contribution >= 0.6 is 27.3 Å². The molecule has 1 aromatic carbocycles. The summed E-state index contributed by atoms with van der Waals surface area (Å²) in [5.74, 6) is 1.09. The summed E-state index contributed by atoms with van der Waals surface area (Å²) in [6, 6.07) is 14.0. The number of fused-ring (bicyclic) bond motifs is 1. The summed E-state index contributed by atoms with van der Waals surface area (Å²) in [5.41, 5.74) is 1.34. The highest BCUT2D eigenvalue weighted by atomic mass is 79.9. The molecule has 0 saturated heterocycles. The highest BCUT2D eigenvalue weighted by molar-refractivity contribution is 9.10. The molecule has 0 N–H and O–H groups in total. The van der Waals surface area contributed by atoms with Gasteiger partial charge >= 0.3 is 5.97 Å². The van der Waals surface area contributed by atoms with Crippen molar-refractivity contribution in [2.75, 3.05) is 6.61 Å². The number of hydrogen-bond acceptors (Lipinski definition) is 7. The number of halogens is 1. The number of rotatable bonds is 5. The standard InChI is InChI=1S/C25H19BrN2O5S/c1-3-31-24(30)21-14(2)27-25-28(23(29)20(34-25)13-17-5-4-12-32-17)22(21)19-11-10-18(33-19)15-6-8-16(26)9-7-15/h4-13,22H,3H2,1-2H3/b20-13-/t22-/m0/s1. The molecule has 172 valence electrons. The molecule has 9 heteroatoms. The molecule has 0 aliphatic carbocycles. The Morgan fingerprint density at radius 3 is 2.74 bits per heavy atom. The van der Waals surface area contributed by atoms with Crippen molar-refractivity contribution >= 4 is 39.3 Å². The lowest BCUT2D eigenvalue weighted by atomic mass is 10.0. The number of hydrogen-bond donors (Lipinski definition) is 0. The molecule has 0 spiro atoms. The molecule has 0 bridgehead atoms. The summed E-state index contributed by atoms with van der Waals surface area (Å²) in [6.07, 6.45) is 3.21. The number of nitrogens with zero attached hydrogens (tertiary/aromatic N) is 2. The van der Waals surface area contributed by atoms with E-state index >= 15 is 0 Å². The maximum absolute atomic E-state index is 13.5. The van der Waals surface area contributed by atoms with Gasteiger partial charge in [-0.15, -0.1) is 0 Å². The van der Waals surface area contributed by atoms with Gasteiger partial charge in [-0.1, -0.05) is 39.4 Å². The average molecular weight is 539 g/mol. The average Bonchev–Trinajstić information content (AvgIpc) is 3.56. The zero-order valence-corrected chi connectivity index (χ0v) is 20.7. The van der Waals surface area contributed by atoms with Crippen LogP contribution in [-0.2, 0) is 9.53 Å². The molecule has 4 aromatic rings. The van der Waals surface area contributed by atoms with Crippen molar-refractivity contribution in [3.63, 3.8) is 0 Å². The molecule has 0 amide bonds. The van der Waals surface area contributed by atoms with Crippen molar-refractivity contribution in [1.82, 2.24) is 4.57 Å². The van der Waals surface area contributed by atoms with Gasteiger partial charge in [-0.2, -0.15) is 0 Å². The van der Waals surface area contributed by atoms with E-state index in [-0.39, 0.29) is 17.7 Å². The quantitative estimate of drug-likeness (QED) is 0.351. The first kappa shape index (κ1) is 22.4. The van der Waals surface area contributed by atoms with E-state index in [4.69, 9.17) is 13.6 Å². The third-order valence-corrected chi connectivity index (χ3v) is 6.87. The third-order valence-electron chi connectivity index (χ3n) is 5.36. The van der Waals surface area contributed by atoms with Gasteiger partial charge in [0.15, 0.2) is 4.80 Å². The Kier molecular flexibility index (Phi) is 5.97. The van der Waals surface area contributed by atoms with Gasteiger partial charge in [-0.3, -0.25) is 9.36 Å². The zero-order valence-electron chi connectivity index (χ0n) is 18.3. The molecule has 0 fully saturated rings. The van der Waals surface area contributed by atoms with Crippen molar-refractivity contribution < 1.29 is 18.4 Å². The molecule has 1 aliphatic heterocycles. The fourth-order valence-electron chi connectivity index (χ4n) is 3.83. The van der Waals surface area contributed by atoms with Crippen molar-refractivity contribution in [2.45, 2.75) is 19.9 Å². The highest BCUT2D eigenvalue weighted by Crippen LogP contribution is 2.34. The number of carbonyl (C=O) groups excluding carboxylic acids is 1. The Morgan fingerprint density at radius 2 is 2.03 bits per heavy atom. The van der Waals surface area contributed by atoms with E-state index in [1.807, 2.05) is 30.3 Å². The maximum atomic E-state index is 13.5. The van der Waals surface area contributed by atoms with Gasteiger partial charge in [0.1, 0.15) is 23.3 Å². The van der Waals surface area contributed by atoms with Crippen LogP contribution in [-0.4, -0.2) is 17.1 Å². The van der Waals surface area contributed by atoms with Crippen LogP contribution < -0.4 is 14.9 Å². The van der Waals surface area contributed by atoms with Gasteiger partial charge in [0, 0.05) is 16.1 Å². The normalized spacial score (nSPS) is 15.9. The van der Waals surface area contributed by atoms with Crippen LogP contribution in [0.15, 0.2) is 89.2 Å². The minimum absolute atomic E-state index is 0.202. The van der Waals surface area contributed by atoms with Crippen molar-refractivity contribution in [2.24, 2.45) is 4.99 Å². The monoisotopic (exact) mass is 538 g/mol. The van der Waals surface area contributed by atoms with Crippen LogP contribution in [0, 0.1) is 0 Å². The van der Waals surface area contributed by atoms with Gasteiger partial charge in [0.25, 0.3) is 5.56 Å². The molecule has 3 aromatic heterocycles. The summed E-state index contributed by atoms with van der Waals surface area (Å²) in [7, 11) is 0. The molecule has 1 aliphatic rings. The minimum Gasteiger partial charge on any atom is -0.465 e. The Labute approximate surface area is 206 Å². The van der Waals surface area contributed by atoms with E-state index in [0.29, 0.717) is 32.3 Å². The fourth-order valence-corrected chi connectivity index (χ4v) is 5.12. The summed E-state index contributed by atoms with van der Waals surface area (Å²) in [5, 5.41) is 0. The van der Waals surface area contributed by atoms with Gasteiger partial charge in [-0.25, -0.2) is 9.79 Å². The summed E-state index contributed by atoms with van der Waals surface area (Å²) >= 11 is 4.66. The Morgan fingerprint density at radius 1 is 1.24 bits per heavy atom. The molecule has 5 rings (SSSR count). The molecule has 4 heterocycles. The molecule has 0 unspecified atom stereocenters. The number of thiazole rings is 1. The molecule has 7 nitrogen and oxygen atoms in total. The van der Waals surface area contributed by atoms with Crippen LogP contribution in [0.1, 0.15) is 31.4 Å². The number of esters is 1. The van der Waals surface area contributed by atoms with Crippen molar-refractivity contribution in [3.05, 3.63) is 102 Å². The lowest BCUT2D eigenvalue weighted by Crippen LogP contribution is -2.39. The van der Waals surface area contributed by atoms with Crippen LogP contribution in [0.2, 0.25) is 0 Å². The molecule has 1 atom stereocenters. The second kappa shape index (κ2) is 9.08. The van der Waals surface area contributed by atoms with E-state index in [9.17, 15) is 9.59 Å². The number of allylic oxidation sites excluding steroid dienone is 1. The number of aromatic nitrogens is 1. The topological polar surface area (TPSA) is 86.9 Å². The molecular weight excluding hydrogens is 520 g/mol. The van der Waals surface area contributed by atoms with Crippen LogP contribution in [0.4, 0.5) is 0 Å². The second-order valence-electron chi connectivity index (χ2n) is 7.53. The smallest absolute Gasteiger partial charge is 0.338 e. The van der Waals surface area contributed by atoms with Gasteiger partial charge in [0.2, 0.25) is 0 Å². The zero-order chi connectivity index (χ0) is 23.8. The van der Waals surface area contributed by atoms with Crippen molar-refractivity contribution in [3.8, 4) is 11.3 Å². The van der Waals surface area contributed by atoms with Gasteiger partial charge < -0.3 is 13.6 Å². The lowest BCUT2D eigenvalue weighted by Gasteiger charge is -2.22. The van der Waals surface area contributed by atoms with Crippen LogP contribution in [0.3, 0.4) is 0 Å². The number of ether oxygens (including phenoxy) is 1. The first-order valence-corrected chi connectivity index (χ1v) is 12.2. The van der Waals surface area contributed by atoms with Gasteiger partial charge in [-0.05, 0) is 50.2 Å². The molecule has 0 radical (unpaired) electrons. The predicted octanol–water partition coefficient (Wildman–Crippen LogP) is 4.41. The summed E-state index contributed by atoms with van der Waals surface area (Å²) in [6.45, 7) is 3.68. The van der Waals surface area contributed by atoms with E-state index in [2.05, 4.69) is 20.9 Å². The summed E-state index contributed by atoms with van der Waals surface area (Å²) < 4.78 is 19.8. The largest absolute Gasteiger partial charge is 0.465 e. The first-order valence-electron chi connectivity index (χ1n) is 10.5. The third kappa shape index (κ3) is 4.01. The van der Waals surface area contributed by atoms with Crippen LogP contribution in [0.25, 0.3) is 17.4 Å². The highest BCUT2D eigenvalue weighted by Gasteiger charge is 2.35. The maximum Gasteiger partial charge on any atom is 0.338 e. The molecule has 0 saturated carbocycles. The molecule has 34 heavy (non-hydrogen) atoms. The Balaban J connectivity index is 1.69. The Hall–Kier alpha value is -3.43. The van der Waals surface area contributed by atoms with E-state index in [1.165, 1.54) is 15.9 Å². The van der Waals surface area contributed by atoms with Gasteiger partial charge in [0.05, 0.1) is 28.7 Å². The SMILES string of the molecule is CCOC(=O)C1=C(C)N=c2s/c(=C\c3ccco3)c(=O)n2[C@H]1c1ccc(-c2ccc(Br)cc2)o1. The minimum atomic E-state index is -0.807. The Bertz CT molecular complexity index is 1570.